The minimum Gasteiger partial charge on any atom is -0.497 e. The summed E-state index contributed by atoms with van der Waals surface area (Å²) in [6.07, 6.45) is 1.75. The fraction of sp³-hybridized carbons (Fsp3) is 0.458. The molecule has 2 amide bonds. The van der Waals surface area contributed by atoms with Crippen molar-refractivity contribution in [3.63, 3.8) is 0 Å². The van der Waals surface area contributed by atoms with Crippen molar-refractivity contribution in [2.24, 2.45) is 0 Å². The van der Waals surface area contributed by atoms with Gasteiger partial charge >= 0.3 is 6.03 Å². The Morgan fingerprint density at radius 3 is 2.50 bits per heavy atom. The Morgan fingerprint density at radius 2 is 1.81 bits per heavy atom. The molecule has 0 bridgehead atoms. The Kier molecular flexibility index (Phi) is 5.75. The van der Waals surface area contributed by atoms with Crippen LogP contribution < -0.4 is 25.8 Å². The van der Waals surface area contributed by atoms with Gasteiger partial charge in [-0.3, -0.25) is 15.8 Å². The number of carbonyl (C=O) groups is 1. The van der Waals surface area contributed by atoms with Crippen LogP contribution in [0.15, 0.2) is 42.5 Å². The smallest absolute Gasteiger partial charge is 0.325 e. The summed E-state index contributed by atoms with van der Waals surface area (Å²) >= 11 is 0. The van der Waals surface area contributed by atoms with Crippen LogP contribution in [0.4, 0.5) is 14.9 Å². The van der Waals surface area contributed by atoms with Gasteiger partial charge in [0.05, 0.1) is 19.2 Å². The van der Waals surface area contributed by atoms with Crippen LogP contribution in [0.2, 0.25) is 0 Å². The quantitative estimate of drug-likeness (QED) is 0.668. The van der Waals surface area contributed by atoms with E-state index >= 15 is 0 Å². The average Bonchev–Trinajstić information content (AvgIpc) is 3.43. The van der Waals surface area contributed by atoms with E-state index in [1.54, 1.807) is 0 Å². The highest BCUT2D eigenvalue weighted by Gasteiger charge is 2.50. The van der Waals surface area contributed by atoms with E-state index < -0.39 is 0 Å². The molecule has 8 heteroatoms. The van der Waals surface area contributed by atoms with Crippen LogP contribution in [0.3, 0.4) is 0 Å². The SMILES string of the molecule is COc1cc(F)cc(CN2C(=O)N(c3ccc(C4CNNC4)cc3)CC23CCNCC3)c1. The highest BCUT2D eigenvalue weighted by atomic mass is 19.1. The number of ether oxygens (including phenoxy) is 1. The lowest BCUT2D eigenvalue weighted by atomic mass is 9.87. The molecule has 0 unspecified atom stereocenters. The molecule has 3 heterocycles. The van der Waals surface area contributed by atoms with E-state index in [4.69, 9.17) is 4.74 Å². The molecule has 5 rings (SSSR count). The molecule has 3 aliphatic heterocycles. The Labute approximate surface area is 187 Å². The number of urea groups is 1. The molecule has 0 radical (unpaired) electrons. The van der Waals surface area contributed by atoms with Gasteiger partial charge in [0.1, 0.15) is 11.6 Å². The maximum atomic E-state index is 14.1. The molecule has 0 aliphatic carbocycles. The molecule has 3 N–H and O–H groups in total. The third-order valence-corrected chi connectivity index (χ3v) is 7.03. The third kappa shape index (κ3) is 3.94. The zero-order valence-corrected chi connectivity index (χ0v) is 18.4. The summed E-state index contributed by atoms with van der Waals surface area (Å²) in [6, 6.07) is 13.0. The number of hydrogen-bond acceptors (Lipinski definition) is 5. The first-order valence-electron chi connectivity index (χ1n) is 11.3. The predicted molar refractivity (Wildman–Crippen MR) is 121 cm³/mol. The number of nitrogens with zero attached hydrogens (tertiary/aromatic N) is 2. The number of anilines is 1. The van der Waals surface area contributed by atoms with Crippen LogP contribution in [-0.4, -0.2) is 56.3 Å². The van der Waals surface area contributed by atoms with Gasteiger partial charge in [0.25, 0.3) is 0 Å². The molecule has 0 saturated carbocycles. The average molecular weight is 440 g/mol. The Hall–Kier alpha value is -2.68. The minimum atomic E-state index is -0.353. The molecule has 2 aromatic carbocycles. The van der Waals surface area contributed by atoms with Crippen molar-refractivity contribution >= 4 is 11.7 Å². The van der Waals surface area contributed by atoms with E-state index in [1.807, 2.05) is 15.9 Å². The molecule has 1 spiro atoms. The summed E-state index contributed by atoms with van der Waals surface area (Å²) in [4.78, 5) is 17.5. The molecule has 32 heavy (non-hydrogen) atoms. The van der Waals surface area contributed by atoms with Gasteiger partial charge in [0, 0.05) is 37.3 Å². The topological polar surface area (TPSA) is 68.9 Å². The van der Waals surface area contributed by atoms with Gasteiger partial charge in [-0.05, 0) is 61.3 Å². The van der Waals surface area contributed by atoms with Gasteiger partial charge in [0.2, 0.25) is 0 Å². The van der Waals surface area contributed by atoms with Crippen molar-refractivity contribution < 1.29 is 13.9 Å². The van der Waals surface area contributed by atoms with Crippen molar-refractivity contribution in [2.75, 3.05) is 44.7 Å². The second kappa shape index (κ2) is 8.69. The number of carbonyl (C=O) groups excluding carboxylic acids is 1. The fourth-order valence-corrected chi connectivity index (χ4v) is 5.19. The molecule has 3 saturated heterocycles. The highest BCUT2D eigenvalue weighted by molar-refractivity contribution is 5.95. The Balaban J connectivity index is 1.42. The van der Waals surface area contributed by atoms with Crippen LogP contribution in [0.5, 0.6) is 5.75 Å². The second-order valence-corrected chi connectivity index (χ2v) is 8.98. The molecule has 0 atom stereocenters. The van der Waals surface area contributed by atoms with Crippen molar-refractivity contribution in [3.8, 4) is 5.75 Å². The fourth-order valence-electron chi connectivity index (χ4n) is 5.19. The van der Waals surface area contributed by atoms with E-state index in [-0.39, 0.29) is 17.4 Å². The number of hydrazine groups is 1. The van der Waals surface area contributed by atoms with Crippen LogP contribution in [0.1, 0.15) is 29.9 Å². The number of nitrogens with one attached hydrogen (secondary N) is 3. The number of benzene rings is 2. The van der Waals surface area contributed by atoms with Gasteiger partial charge in [0.15, 0.2) is 0 Å². The molecule has 3 aliphatic rings. The maximum Gasteiger partial charge on any atom is 0.325 e. The van der Waals surface area contributed by atoms with Crippen molar-refractivity contribution in [1.82, 2.24) is 21.1 Å². The van der Waals surface area contributed by atoms with Gasteiger partial charge in [-0.25, -0.2) is 9.18 Å². The van der Waals surface area contributed by atoms with E-state index in [9.17, 15) is 9.18 Å². The van der Waals surface area contributed by atoms with Crippen molar-refractivity contribution in [3.05, 3.63) is 59.4 Å². The molecule has 3 fully saturated rings. The normalized spacial score (nSPS) is 21.0. The van der Waals surface area contributed by atoms with Gasteiger partial charge < -0.3 is 15.0 Å². The van der Waals surface area contributed by atoms with Crippen LogP contribution in [0, 0.1) is 5.82 Å². The first-order valence-corrected chi connectivity index (χ1v) is 11.3. The first kappa shape index (κ1) is 21.2. The zero-order chi connectivity index (χ0) is 22.1. The summed E-state index contributed by atoms with van der Waals surface area (Å²) in [5, 5.41) is 3.41. The number of rotatable bonds is 5. The third-order valence-electron chi connectivity index (χ3n) is 7.03. The molecule has 7 nitrogen and oxygen atoms in total. The van der Waals surface area contributed by atoms with E-state index in [0.29, 0.717) is 24.8 Å². The first-order chi connectivity index (χ1) is 15.6. The van der Waals surface area contributed by atoms with E-state index in [1.165, 1.54) is 24.8 Å². The molecular weight excluding hydrogens is 409 g/mol. The summed E-state index contributed by atoms with van der Waals surface area (Å²) in [6.45, 7) is 4.55. The largest absolute Gasteiger partial charge is 0.497 e. The summed E-state index contributed by atoms with van der Waals surface area (Å²) < 4.78 is 19.3. The standard InChI is InChI=1S/C24H30FN5O2/c1-32-22-11-17(10-20(25)12-22)15-30-23(31)29(16-24(30)6-8-26-9-7-24)21-4-2-18(3-5-21)19-13-27-28-14-19/h2-5,10-12,19,26-28H,6-9,13-16H2,1H3. The Morgan fingerprint density at radius 1 is 1.09 bits per heavy atom. The van der Waals surface area contributed by atoms with E-state index in [2.05, 4.69) is 40.4 Å². The summed E-state index contributed by atoms with van der Waals surface area (Å²) in [5.41, 5.74) is 8.98. The van der Waals surface area contributed by atoms with Gasteiger partial charge in [-0.2, -0.15) is 0 Å². The molecule has 170 valence electrons. The van der Waals surface area contributed by atoms with Crippen LogP contribution >= 0.6 is 0 Å². The van der Waals surface area contributed by atoms with Crippen molar-refractivity contribution in [1.29, 1.82) is 0 Å². The van der Waals surface area contributed by atoms with E-state index in [0.717, 1.165) is 50.3 Å². The molecule has 2 aromatic rings. The predicted octanol–water partition coefficient (Wildman–Crippen LogP) is 2.59. The van der Waals surface area contributed by atoms with Gasteiger partial charge in [-0.15, -0.1) is 0 Å². The summed E-state index contributed by atoms with van der Waals surface area (Å²) in [5.74, 6) is 0.552. The second-order valence-electron chi connectivity index (χ2n) is 8.98. The van der Waals surface area contributed by atoms with Crippen LogP contribution in [-0.2, 0) is 6.54 Å². The summed E-state index contributed by atoms with van der Waals surface area (Å²) in [7, 11) is 1.52. The monoisotopic (exact) mass is 439 g/mol. The lowest BCUT2D eigenvalue weighted by Crippen LogP contribution is -2.53. The number of halogens is 1. The van der Waals surface area contributed by atoms with Gasteiger partial charge in [-0.1, -0.05) is 12.1 Å². The highest BCUT2D eigenvalue weighted by Crippen LogP contribution is 2.38. The Bertz CT molecular complexity index is 971. The van der Waals surface area contributed by atoms with Crippen molar-refractivity contribution in [2.45, 2.75) is 30.8 Å². The number of methoxy groups -OCH3 is 1. The van der Waals surface area contributed by atoms with Crippen LogP contribution in [0.25, 0.3) is 0 Å². The number of hydrogen-bond donors (Lipinski definition) is 3. The lowest BCUT2D eigenvalue weighted by molar-refractivity contribution is 0.119. The minimum absolute atomic E-state index is 0.0212. The zero-order valence-electron chi connectivity index (χ0n) is 18.4. The maximum absolute atomic E-state index is 14.1. The lowest BCUT2D eigenvalue weighted by Gasteiger charge is -2.40. The molecular formula is C24H30FN5O2. The molecule has 0 aromatic heterocycles. The number of piperidine rings is 1. The number of amides is 2.